The lowest BCUT2D eigenvalue weighted by molar-refractivity contribution is -0.140. The minimum absolute atomic E-state index is 0.0201. The fourth-order valence-corrected chi connectivity index (χ4v) is 2.29. The number of rotatable bonds is 5. The van der Waals surface area contributed by atoms with Gasteiger partial charge in [0, 0.05) is 20.1 Å². The van der Waals surface area contributed by atoms with E-state index in [0.717, 1.165) is 25.8 Å². The van der Waals surface area contributed by atoms with E-state index in [9.17, 15) is 9.59 Å². The smallest absolute Gasteiger partial charge is 0.242 e. The van der Waals surface area contributed by atoms with E-state index >= 15 is 0 Å². The van der Waals surface area contributed by atoms with Gasteiger partial charge in [-0.15, -0.1) is 0 Å². The monoisotopic (exact) mass is 255 g/mol. The van der Waals surface area contributed by atoms with Gasteiger partial charge in [-0.05, 0) is 33.2 Å². The van der Waals surface area contributed by atoms with Crippen LogP contribution in [0.3, 0.4) is 0 Å². The quantitative estimate of drug-likeness (QED) is 0.776. The summed E-state index contributed by atoms with van der Waals surface area (Å²) in [6.45, 7) is 6.36. The SMILES string of the molecule is CCN(CC)C(=O)CN(C)C(=O)[C@H]1CCCCN1. The second kappa shape index (κ2) is 7.36. The molecule has 0 aromatic carbocycles. The fraction of sp³-hybridized carbons (Fsp3) is 0.846. The van der Waals surface area contributed by atoms with Crippen molar-refractivity contribution in [3.05, 3.63) is 0 Å². The lowest BCUT2D eigenvalue weighted by Gasteiger charge is -2.28. The molecule has 1 saturated heterocycles. The number of piperidine rings is 1. The van der Waals surface area contributed by atoms with E-state index in [1.54, 1.807) is 16.8 Å². The van der Waals surface area contributed by atoms with Crippen molar-refractivity contribution in [2.45, 2.75) is 39.2 Å². The number of amides is 2. The summed E-state index contributed by atoms with van der Waals surface area (Å²) < 4.78 is 0. The summed E-state index contributed by atoms with van der Waals surface area (Å²) in [6.07, 6.45) is 3.09. The molecule has 1 heterocycles. The van der Waals surface area contributed by atoms with Gasteiger partial charge >= 0.3 is 0 Å². The van der Waals surface area contributed by atoms with Crippen LogP contribution in [0.5, 0.6) is 0 Å². The Bertz CT molecular complexity index is 284. The van der Waals surface area contributed by atoms with Gasteiger partial charge in [0.05, 0.1) is 12.6 Å². The van der Waals surface area contributed by atoms with Crippen LogP contribution >= 0.6 is 0 Å². The number of nitrogens with zero attached hydrogens (tertiary/aromatic N) is 2. The summed E-state index contributed by atoms with van der Waals surface area (Å²) in [4.78, 5) is 27.3. The number of hydrogen-bond acceptors (Lipinski definition) is 3. The molecule has 0 bridgehead atoms. The van der Waals surface area contributed by atoms with Crippen LogP contribution in [0.4, 0.5) is 0 Å². The Labute approximate surface area is 110 Å². The summed E-state index contributed by atoms with van der Waals surface area (Å²) >= 11 is 0. The summed E-state index contributed by atoms with van der Waals surface area (Å²) in [7, 11) is 1.71. The number of nitrogens with one attached hydrogen (secondary N) is 1. The molecule has 0 aliphatic carbocycles. The highest BCUT2D eigenvalue weighted by molar-refractivity contribution is 5.87. The highest BCUT2D eigenvalue weighted by Crippen LogP contribution is 2.09. The van der Waals surface area contributed by atoms with Crippen molar-refractivity contribution in [3.63, 3.8) is 0 Å². The molecule has 0 radical (unpaired) electrons. The Morgan fingerprint density at radius 3 is 2.39 bits per heavy atom. The Kier molecular flexibility index (Phi) is 6.12. The van der Waals surface area contributed by atoms with Gasteiger partial charge in [-0.25, -0.2) is 0 Å². The van der Waals surface area contributed by atoms with E-state index in [2.05, 4.69) is 5.32 Å². The molecular weight excluding hydrogens is 230 g/mol. The molecule has 2 amide bonds. The van der Waals surface area contributed by atoms with Gasteiger partial charge in [0.25, 0.3) is 0 Å². The summed E-state index contributed by atoms with van der Waals surface area (Å²) in [5.74, 6) is 0.0573. The highest BCUT2D eigenvalue weighted by atomic mass is 16.2. The second-order valence-corrected chi connectivity index (χ2v) is 4.76. The molecule has 1 aliphatic heterocycles. The number of carbonyl (C=O) groups excluding carboxylic acids is 2. The van der Waals surface area contributed by atoms with Crippen molar-refractivity contribution in [1.29, 1.82) is 0 Å². The molecule has 0 saturated carbocycles. The van der Waals surface area contributed by atoms with Crippen molar-refractivity contribution >= 4 is 11.8 Å². The van der Waals surface area contributed by atoms with Gasteiger partial charge in [-0.2, -0.15) is 0 Å². The molecule has 1 atom stereocenters. The molecule has 1 fully saturated rings. The molecule has 5 nitrogen and oxygen atoms in total. The van der Waals surface area contributed by atoms with E-state index in [4.69, 9.17) is 0 Å². The fourth-order valence-electron chi connectivity index (χ4n) is 2.29. The lowest BCUT2D eigenvalue weighted by Crippen LogP contribution is -2.50. The van der Waals surface area contributed by atoms with Crippen LogP contribution in [0, 0.1) is 0 Å². The standard InChI is InChI=1S/C13H25N3O2/c1-4-16(5-2)12(17)10-15(3)13(18)11-8-6-7-9-14-11/h11,14H,4-10H2,1-3H3/t11-/m1/s1. The topological polar surface area (TPSA) is 52.7 Å². The van der Waals surface area contributed by atoms with Crippen molar-refractivity contribution < 1.29 is 9.59 Å². The van der Waals surface area contributed by atoms with Crippen molar-refractivity contribution in [2.75, 3.05) is 33.2 Å². The average molecular weight is 255 g/mol. The van der Waals surface area contributed by atoms with Crippen molar-refractivity contribution in [3.8, 4) is 0 Å². The third kappa shape index (κ3) is 3.98. The number of carbonyl (C=O) groups is 2. The molecule has 1 rings (SSSR count). The first-order valence-corrected chi connectivity index (χ1v) is 6.86. The van der Waals surface area contributed by atoms with Crippen LogP contribution < -0.4 is 5.32 Å². The zero-order chi connectivity index (χ0) is 13.5. The van der Waals surface area contributed by atoms with Gasteiger partial charge in [0.15, 0.2) is 0 Å². The van der Waals surface area contributed by atoms with Gasteiger partial charge in [0.1, 0.15) is 0 Å². The normalized spacial score (nSPS) is 19.4. The van der Waals surface area contributed by atoms with Crippen molar-refractivity contribution in [1.82, 2.24) is 15.1 Å². The Hall–Kier alpha value is -1.10. The van der Waals surface area contributed by atoms with E-state index < -0.39 is 0 Å². The first-order chi connectivity index (χ1) is 8.60. The van der Waals surface area contributed by atoms with Crippen LogP contribution in [0.2, 0.25) is 0 Å². The molecule has 1 aliphatic rings. The van der Waals surface area contributed by atoms with Gasteiger partial charge in [0.2, 0.25) is 11.8 Å². The van der Waals surface area contributed by atoms with Gasteiger partial charge < -0.3 is 15.1 Å². The third-order valence-corrected chi connectivity index (χ3v) is 3.47. The molecule has 0 unspecified atom stereocenters. The second-order valence-electron chi connectivity index (χ2n) is 4.76. The molecule has 1 N–H and O–H groups in total. The third-order valence-electron chi connectivity index (χ3n) is 3.47. The van der Waals surface area contributed by atoms with Crippen LogP contribution in [0.25, 0.3) is 0 Å². The summed E-state index contributed by atoms with van der Waals surface area (Å²) in [6, 6.07) is -0.103. The number of hydrogen-bond donors (Lipinski definition) is 1. The average Bonchev–Trinajstić information content (AvgIpc) is 2.40. The van der Waals surface area contributed by atoms with E-state index in [1.807, 2.05) is 13.8 Å². The maximum absolute atomic E-state index is 12.1. The lowest BCUT2D eigenvalue weighted by atomic mass is 10.0. The highest BCUT2D eigenvalue weighted by Gasteiger charge is 2.25. The first kappa shape index (κ1) is 15.0. The number of likely N-dealkylation sites (N-methyl/N-ethyl adjacent to an activating group) is 2. The Balaban J connectivity index is 2.45. The predicted molar refractivity (Wildman–Crippen MR) is 71.2 cm³/mol. The Morgan fingerprint density at radius 1 is 1.22 bits per heavy atom. The molecule has 0 aromatic heterocycles. The van der Waals surface area contributed by atoms with E-state index in [0.29, 0.717) is 13.1 Å². The predicted octanol–water partition coefficient (Wildman–Crippen LogP) is 0.455. The molecule has 0 aromatic rings. The van der Waals surface area contributed by atoms with Crippen LogP contribution in [0.15, 0.2) is 0 Å². The minimum atomic E-state index is -0.103. The maximum Gasteiger partial charge on any atom is 0.242 e. The summed E-state index contributed by atoms with van der Waals surface area (Å²) in [5, 5.41) is 3.21. The van der Waals surface area contributed by atoms with Gasteiger partial charge in [-0.1, -0.05) is 6.42 Å². The molecule has 104 valence electrons. The van der Waals surface area contributed by atoms with E-state index in [1.165, 1.54) is 0 Å². The summed E-state index contributed by atoms with van der Waals surface area (Å²) in [5.41, 5.74) is 0. The molecule has 0 spiro atoms. The molecular formula is C13H25N3O2. The largest absolute Gasteiger partial charge is 0.342 e. The van der Waals surface area contributed by atoms with Crippen LogP contribution in [-0.2, 0) is 9.59 Å². The molecule has 5 heteroatoms. The van der Waals surface area contributed by atoms with E-state index in [-0.39, 0.29) is 24.4 Å². The zero-order valence-electron chi connectivity index (χ0n) is 11.7. The minimum Gasteiger partial charge on any atom is -0.342 e. The van der Waals surface area contributed by atoms with Crippen LogP contribution in [0.1, 0.15) is 33.1 Å². The molecule has 18 heavy (non-hydrogen) atoms. The maximum atomic E-state index is 12.1. The zero-order valence-corrected chi connectivity index (χ0v) is 11.7. The first-order valence-electron chi connectivity index (χ1n) is 6.86. The Morgan fingerprint density at radius 2 is 1.89 bits per heavy atom. The van der Waals surface area contributed by atoms with Gasteiger partial charge in [-0.3, -0.25) is 9.59 Å². The van der Waals surface area contributed by atoms with Crippen molar-refractivity contribution in [2.24, 2.45) is 0 Å². The van der Waals surface area contributed by atoms with Crippen LogP contribution in [-0.4, -0.2) is 60.9 Å².